The van der Waals surface area contributed by atoms with Gasteiger partial charge in [-0.3, -0.25) is 0 Å². The zero-order chi connectivity index (χ0) is 14.2. The lowest BCUT2D eigenvalue weighted by Crippen LogP contribution is -2.04. The summed E-state index contributed by atoms with van der Waals surface area (Å²) in [5, 5.41) is 13.7. The van der Waals surface area contributed by atoms with Gasteiger partial charge in [0, 0.05) is 7.05 Å². The second-order valence-corrected chi connectivity index (χ2v) is 4.77. The van der Waals surface area contributed by atoms with Gasteiger partial charge in [-0.05, 0) is 30.9 Å². The van der Waals surface area contributed by atoms with Crippen molar-refractivity contribution in [2.24, 2.45) is 7.05 Å². The highest BCUT2D eigenvalue weighted by Crippen LogP contribution is 2.26. The lowest BCUT2D eigenvalue weighted by molar-refractivity contribution is 0.0696. The first kappa shape index (κ1) is 13.5. The first-order valence-corrected chi connectivity index (χ1v) is 6.65. The summed E-state index contributed by atoms with van der Waals surface area (Å²) in [5.41, 5.74) is 0.574. The first-order chi connectivity index (χ1) is 8.93. The molecule has 5 nitrogen and oxygen atoms in total. The van der Waals surface area contributed by atoms with E-state index in [0.29, 0.717) is 16.5 Å². The number of carboxylic acid groups (broad SMARTS) is 1. The van der Waals surface area contributed by atoms with Crippen molar-refractivity contribution in [1.29, 1.82) is 0 Å². The summed E-state index contributed by atoms with van der Waals surface area (Å²) in [6, 6.07) is 2.49. The summed E-state index contributed by atoms with van der Waals surface area (Å²) in [6.07, 6.45) is 1.81. The van der Waals surface area contributed by atoms with Crippen LogP contribution in [0.25, 0.3) is 11.4 Å². The molecule has 0 aliphatic carbocycles. The highest BCUT2D eigenvalue weighted by Gasteiger charge is 2.18. The highest BCUT2D eigenvalue weighted by molar-refractivity contribution is 7.98. The maximum Gasteiger partial charge on any atom is 0.335 e. The van der Waals surface area contributed by atoms with Gasteiger partial charge in [-0.2, -0.15) is 0 Å². The third kappa shape index (κ3) is 2.46. The van der Waals surface area contributed by atoms with Gasteiger partial charge in [-0.25, -0.2) is 18.9 Å². The van der Waals surface area contributed by atoms with Crippen LogP contribution in [0.2, 0.25) is 0 Å². The Labute approximate surface area is 113 Å². The SMILES string of the molecule is CSc1nc(-c2cc(C(=O)O)c(C)cc2F)n(C)n1. The number of hydrogen-bond acceptors (Lipinski definition) is 4. The Balaban J connectivity index is 2.64. The smallest absolute Gasteiger partial charge is 0.335 e. The van der Waals surface area contributed by atoms with Crippen LogP contribution in [-0.2, 0) is 7.05 Å². The van der Waals surface area contributed by atoms with Gasteiger partial charge in [0.05, 0.1) is 11.1 Å². The standard InChI is InChI=1S/C12H12FN3O2S/c1-6-4-9(13)8(5-7(6)11(17)18)10-14-12(19-3)15-16(10)2/h4-5H,1-3H3,(H,17,18). The Morgan fingerprint density at radius 2 is 2.16 bits per heavy atom. The molecule has 19 heavy (non-hydrogen) atoms. The van der Waals surface area contributed by atoms with Gasteiger partial charge in [0.1, 0.15) is 5.82 Å². The molecule has 1 heterocycles. The maximum atomic E-state index is 14.0. The summed E-state index contributed by atoms with van der Waals surface area (Å²) < 4.78 is 15.4. The topological polar surface area (TPSA) is 68.0 Å². The van der Waals surface area contributed by atoms with Crippen molar-refractivity contribution in [3.05, 3.63) is 29.1 Å². The number of aryl methyl sites for hydroxylation is 2. The first-order valence-electron chi connectivity index (χ1n) is 5.43. The lowest BCUT2D eigenvalue weighted by atomic mass is 10.0. The van der Waals surface area contributed by atoms with Crippen molar-refractivity contribution in [2.75, 3.05) is 6.26 Å². The average Bonchev–Trinajstić information content (AvgIpc) is 2.70. The van der Waals surface area contributed by atoms with Crippen molar-refractivity contribution in [2.45, 2.75) is 12.1 Å². The van der Waals surface area contributed by atoms with Gasteiger partial charge in [-0.15, -0.1) is 5.10 Å². The van der Waals surface area contributed by atoms with Gasteiger partial charge in [0.2, 0.25) is 5.16 Å². The van der Waals surface area contributed by atoms with Gasteiger partial charge in [0.15, 0.2) is 5.82 Å². The van der Waals surface area contributed by atoms with Crippen LogP contribution in [0.5, 0.6) is 0 Å². The minimum atomic E-state index is -1.09. The van der Waals surface area contributed by atoms with E-state index >= 15 is 0 Å². The summed E-state index contributed by atoms with van der Waals surface area (Å²) >= 11 is 1.34. The maximum absolute atomic E-state index is 14.0. The number of thioether (sulfide) groups is 1. The monoisotopic (exact) mass is 281 g/mol. The molecule has 0 bridgehead atoms. The third-order valence-corrected chi connectivity index (χ3v) is 3.25. The van der Waals surface area contributed by atoms with Gasteiger partial charge >= 0.3 is 5.97 Å². The van der Waals surface area contributed by atoms with E-state index in [4.69, 9.17) is 5.11 Å². The molecule has 0 aliphatic heterocycles. The number of carbonyl (C=O) groups is 1. The Kier molecular flexibility index (Phi) is 3.57. The van der Waals surface area contributed by atoms with E-state index in [-0.39, 0.29) is 11.1 Å². The second kappa shape index (κ2) is 5.00. The van der Waals surface area contributed by atoms with E-state index < -0.39 is 11.8 Å². The van der Waals surface area contributed by atoms with Crippen LogP contribution in [0, 0.1) is 12.7 Å². The number of aromatic carboxylic acids is 1. The molecule has 0 saturated heterocycles. The van der Waals surface area contributed by atoms with Crippen LogP contribution in [0.1, 0.15) is 15.9 Å². The normalized spacial score (nSPS) is 10.7. The molecule has 1 aromatic carbocycles. The number of aromatic nitrogens is 3. The fraction of sp³-hybridized carbons (Fsp3) is 0.250. The molecule has 0 atom stereocenters. The summed E-state index contributed by atoms with van der Waals surface area (Å²) in [6.45, 7) is 1.56. The molecule has 0 aliphatic rings. The minimum Gasteiger partial charge on any atom is -0.478 e. The lowest BCUT2D eigenvalue weighted by Gasteiger charge is -2.06. The summed E-state index contributed by atoms with van der Waals surface area (Å²) in [7, 11) is 1.64. The number of carboxylic acids is 1. The van der Waals surface area contributed by atoms with E-state index in [0.717, 1.165) is 0 Å². The minimum absolute atomic E-state index is 0.0603. The van der Waals surface area contributed by atoms with E-state index in [2.05, 4.69) is 10.1 Å². The predicted octanol–water partition coefficient (Wildman–Crippen LogP) is 2.35. The van der Waals surface area contributed by atoms with Crippen LogP contribution in [0.3, 0.4) is 0 Å². The molecular formula is C12H12FN3O2S. The van der Waals surface area contributed by atoms with Gasteiger partial charge in [0.25, 0.3) is 0 Å². The number of nitrogens with zero attached hydrogens (tertiary/aromatic N) is 3. The molecule has 7 heteroatoms. The summed E-state index contributed by atoms with van der Waals surface area (Å²) in [5.74, 6) is -1.29. The molecule has 100 valence electrons. The molecule has 0 spiro atoms. The van der Waals surface area contributed by atoms with E-state index in [1.54, 1.807) is 14.0 Å². The van der Waals surface area contributed by atoms with Crippen LogP contribution >= 0.6 is 11.8 Å². The Morgan fingerprint density at radius 1 is 1.47 bits per heavy atom. The van der Waals surface area contributed by atoms with Crippen molar-refractivity contribution in [1.82, 2.24) is 14.8 Å². The predicted molar refractivity (Wildman–Crippen MR) is 69.9 cm³/mol. The molecule has 0 saturated carbocycles. The molecular weight excluding hydrogens is 269 g/mol. The molecule has 2 rings (SSSR count). The summed E-state index contributed by atoms with van der Waals surface area (Å²) in [4.78, 5) is 15.3. The van der Waals surface area contributed by atoms with Crippen LogP contribution in [0.4, 0.5) is 4.39 Å². The Hall–Kier alpha value is -1.89. The van der Waals surface area contributed by atoms with Crippen molar-refractivity contribution < 1.29 is 14.3 Å². The second-order valence-electron chi connectivity index (χ2n) is 4.00. The fourth-order valence-electron chi connectivity index (χ4n) is 1.76. The number of halogens is 1. The van der Waals surface area contributed by atoms with Gasteiger partial charge < -0.3 is 5.11 Å². The zero-order valence-electron chi connectivity index (χ0n) is 10.6. The van der Waals surface area contributed by atoms with Crippen LogP contribution in [0.15, 0.2) is 17.3 Å². The van der Waals surface area contributed by atoms with Crippen molar-refractivity contribution in [3.63, 3.8) is 0 Å². The molecule has 0 amide bonds. The highest BCUT2D eigenvalue weighted by atomic mass is 32.2. The van der Waals surface area contributed by atoms with Crippen molar-refractivity contribution >= 4 is 17.7 Å². The molecule has 1 N–H and O–H groups in total. The molecule has 2 aromatic rings. The molecule has 0 fully saturated rings. The molecule has 1 aromatic heterocycles. The molecule has 0 unspecified atom stereocenters. The van der Waals surface area contributed by atoms with Gasteiger partial charge in [-0.1, -0.05) is 11.8 Å². The third-order valence-electron chi connectivity index (χ3n) is 2.71. The average molecular weight is 281 g/mol. The number of hydrogen-bond donors (Lipinski definition) is 1. The van der Waals surface area contributed by atoms with E-state index in [1.165, 1.54) is 28.6 Å². The number of rotatable bonds is 3. The zero-order valence-corrected chi connectivity index (χ0v) is 11.5. The van der Waals surface area contributed by atoms with Crippen molar-refractivity contribution in [3.8, 4) is 11.4 Å². The fourth-order valence-corrected chi connectivity index (χ4v) is 2.14. The van der Waals surface area contributed by atoms with E-state index in [9.17, 15) is 9.18 Å². The Morgan fingerprint density at radius 3 is 2.68 bits per heavy atom. The van der Waals surface area contributed by atoms with Crippen LogP contribution in [-0.4, -0.2) is 32.1 Å². The number of benzene rings is 1. The largest absolute Gasteiger partial charge is 0.478 e. The quantitative estimate of drug-likeness (QED) is 0.875. The van der Waals surface area contributed by atoms with Crippen LogP contribution < -0.4 is 0 Å². The Bertz CT molecular complexity index is 655. The van der Waals surface area contributed by atoms with E-state index in [1.807, 2.05) is 6.26 Å². The molecule has 0 radical (unpaired) electrons.